The molecule has 3 nitrogen and oxygen atoms in total. The predicted octanol–water partition coefficient (Wildman–Crippen LogP) is 4.44. The van der Waals surface area contributed by atoms with Crippen molar-refractivity contribution in [2.75, 3.05) is 10.6 Å². The largest absolute Gasteiger partial charge is 0.380 e. The van der Waals surface area contributed by atoms with Crippen molar-refractivity contribution in [1.82, 2.24) is 4.98 Å². The van der Waals surface area contributed by atoms with Crippen LogP contribution >= 0.6 is 0 Å². The molecular formula is C18H17N3. The quantitative estimate of drug-likeness (QED) is 0.723. The second-order valence-electron chi connectivity index (χ2n) is 4.74. The number of benzene rings is 2. The lowest BCUT2D eigenvalue weighted by molar-refractivity contribution is 1.14. The van der Waals surface area contributed by atoms with Gasteiger partial charge in [-0.15, -0.1) is 0 Å². The number of hydrogen-bond acceptors (Lipinski definition) is 3. The normalized spacial score (nSPS) is 10.1. The number of nitrogens with one attached hydrogen (secondary N) is 2. The number of nitrogens with zero attached hydrogens (tertiary/aromatic N) is 1. The number of para-hydroxylation sites is 2. The topological polar surface area (TPSA) is 37.0 Å². The minimum Gasteiger partial charge on any atom is -0.380 e. The maximum Gasteiger partial charge on any atom is 0.0529 e. The van der Waals surface area contributed by atoms with Crippen LogP contribution in [0, 0.1) is 0 Å². The minimum absolute atomic E-state index is 0.752. The fourth-order valence-corrected chi connectivity index (χ4v) is 2.14. The van der Waals surface area contributed by atoms with Crippen LogP contribution in [0.25, 0.3) is 0 Å². The van der Waals surface area contributed by atoms with Gasteiger partial charge in [-0.3, -0.25) is 4.98 Å². The fourth-order valence-electron chi connectivity index (χ4n) is 2.14. The Bertz CT molecular complexity index is 681. The highest BCUT2D eigenvalue weighted by Crippen LogP contribution is 2.21. The maximum atomic E-state index is 4.11. The Balaban J connectivity index is 1.73. The molecule has 0 spiro atoms. The lowest BCUT2D eigenvalue weighted by atomic mass is 10.1. The first-order valence-corrected chi connectivity index (χ1v) is 6.96. The summed E-state index contributed by atoms with van der Waals surface area (Å²) in [7, 11) is 0. The summed E-state index contributed by atoms with van der Waals surface area (Å²) in [5, 5.41) is 6.84. The van der Waals surface area contributed by atoms with Crippen molar-refractivity contribution in [1.29, 1.82) is 0 Å². The van der Waals surface area contributed by atoms with E-state index in [0.29, 0.717) is 0 Å². The van der Waals surface area contributed by atoms with E-state index in [1.165, 1.54) is 5.56 Å². The maximum absolute atomic E-state index is 4.11. The molecule has 1 heterocycles. The smallest absolute Gasteiger partial charge is 0.0529 e. The summed E-state index contributed by atoms with van der Waals surface area (Å²) in [4.78, 5) is 4.11. The molecule has 0 bridgehead atoms. The van der Waals surface area contributed by atoms with E-state index in [4.69, 9.17) is 0 Å². The Morgan fingerprint density at radius 2 is 1.52 bits per heavy atom. The Morgan fingerprint density at radius 3 is 2.33 bits per heavy atom. The molecule has 0 saturated heterocycles. The van der Waals surface area contributed by atoms with E-state index >= 15 is 0 Å². The molecule has 0 atom stereocenters. The van der Waals surface area contributed by atoms with Gasteiger partial charge in [0.05, 0.1) is 5.69 Å². The summed E-state index contributed by atoms with van der Waals surface area (Å²) in [6.45, 7) is 0.752. The summed E-state index contributed by atoms with van der Waals surface area (Å²) in [6, 6.07) is 22.4. The Kier molecular flexibility index (Phi) is 4.12. The van der Waals surface area contributed by atoms with Crippen molar-refractivity contribution < 1.29 is 0 Å². The lowest BCUT2D eigenvalue weighted by Crippen LogP contribution is -2.03. The van der Waals surface area contributed by atoms with Crippen LogP contribution in [0.15, 0.2) is 79.1 Å². The van der Waals surface area contributed by atoms with Gasteiger partial charge in [-0.25, -0.2) is 0 Å². The molecule has 3 heteroatoms. The first kappa shape index (κ1) is 13.2. The van der Waals surface area contributed by atoms with E-state index in [9.17, 15) is 0 Å². The molecule has 21 heavy (non-hydrogen) atoms. The zero-order valence-corrected chi connectivity index (χ0v) is 11.7. The van der Waals surface area contributed by atoms with Gasteiger partial charge in [0, 0.05) is 30.3 Å². The van der Waals surface area contributed by atoms with Crippen molar-refractivity contribution >= 4 is 17.1 Å². The predicted molar refractivity (Wildman–Crippen MR) is 87.7 cm³/mol. The third-order valence-corrected chi connectivity index (χ3v) is 3.21. The van der Waals surface area contributed by atoms with Gasteiger partial charge in [-0.05, 0) is 35.9 Å². The number of hydrogen-bond donors (Lipinski definition) is 2. The van der Waals surface area contributed by atoms with Gasteiger partial charge in [0.2, 0.25) is 0 Å². The first-order chi connectivity index (χ1) is 10.4. The van der Waals surface area contributed by atoms with Gasteiger partial charge >= 0.3 is 0 Å². The van der Waals surface area contributed by atoms with Gasteiger partial charge in [0.15, 0.2) is 0 Å². The van der Waals surface area contributed by atoms with Gasteiger partial charge in [-0.1, -0.05) is 36.4 Å². The molecule has 0 aliphatic carbocycles. The van der Waals surface area contributed by atoms with E-state index in [-0.39, 0.29) is 0 Å². The van der Waals surface area contributed by atoms with Crippen molar-refractivity contribution in [3.05, 3.63) is 84.7 Å². The van der Waals surface area contributed by atoms with E-state index in [1.54, 1.807) is 6.20 Å². The standard InChI is InChI=1S/C18H17N3/c1-2-8-16(9-3-1)21-18-11-5-4-7-15(18)13-20-17-10-6-12-19-14-17/h1-12,14,20-21H,13H2. The van der Waals surface area contributed by atoms with Gasteiger partial charge in [-0.2, -0.15) is 0 Å². The monoisotopic (exact) mass is 275 g/mol. The lowest BCUT2D eigenvalue weighted by Gasteiger charge is -2.13. The number of aromatic nitrogens is 1. The second kappa shape index (κ2) is 6.57. The van der Waals surface area contributed by atoms with E-state index in [2.05, 4.69) is 45.9 Å². The number of rotatable bonds is 5. The van der Waals surface area contributed by atoms with E-state index in [1.807, 2.05) is 42.6 Å². The molecule has 3 rings (SSSR count). The van der Waals surface area contributed by atoms with Crippen molar-refractivity contribution in [2.24, 2.45) is 0 Å². The Labute approximate surface area is 124 Å². The molecule has 0 aliphatic heterocycles. The molecule has 3 aromatic rings. The summed E-state index contributed by atoms with van der Waals surface area (Å²) >= 11 is 0. The molecule has 2 N–H and O–H groups in total. The summed E-state index contributed by atoms with van der Waals surface area (Å²) in [5.41, 5.74) is 4.43. The second-order valence-corrected chi connectivity index (χ2v) is 4.74. The van der Waals surface area contributed by atoms with Crippen molar-refractivity contribution in [3.8, 4) is 0 Å². The van der Waals surface area contributed by atoms with Crippen LogP contribution in [0.1, 0.15) is 5.56 Å². The van der Waals surface area contributed by atoms with Crippen LogP contribution in [-0.4, -0.2) is 4.98 Å². The molecular weight excluding hydrogens is 258 g/mol. The fraction of sp³-hybridized carbons (Fsp3) is 0.0556. The first-order valence-electron chi connectivity index (χ1n) is 6.96. The molecule has 0 radical (unpaired) electrons. The van der Waals surface area contributed by atoms with E-state index in [0.717, 1.165) is 23.6 Å². The Hall–Kier alpha value is -2.81. The van der Waals surface area contributed by atoms with Crippen LogP contribution in [0.2, 0.25) is 0 Å². The molecule has 0 fully saturated rings. The SMILES string of the molecule is c1ccc(Nc2ccccc2CNc2cccnc2)cc1. The van der Waals surface area contributed by atoms with Crippen molar-refractivity contribution in [2.45, 2.75) is 6.54 Å². The molecule has 0 aliphatic rings. The van der Waals surface area contributed by atoms with Crippen LogP contribution in [-0.2, 0) is 6.54 Å². The average Bonchev–Trinajstić information content (AvgIpc) is 2.56. The molecule has 0 unspecified atom stereocenters. The number of pyridine rings is 1. The third-order valence-electron chi connectivity index (χ3n) is 3.21. The summed E-state index contributed by atoms with van der Waals surface area (Å²) < 4.78 is 0. The third kappa shape index (κ3) is 3.60. The minimum atomic E-state index is 0.752. The summed E-state index contributed by atoms with van der Waals surface area (Å²) in [5.74, 6) is 0. The zero-order chi connectivity index (χ0) is 14.3. The molecule has 0 saturated carbocycles. The molecule has 1 aromatic heterocycles. The molecule has 0 amide bonds. The van der Waals surface area contributed by atoms with Crippen LogP contribution < -0.4 is 10.6 Å². The number of anilines is 3. The van der Waals surface area contributed by atoms with Crippen LogP contribution in [0.4, 0.5) is 17.1 Å². The van der Waals surface area contributed by atoms with Crippen LogP contribution in [0.5, 0.6) is 0 Å². The highest BCUT2D eigenvalue weighted by Gasteiger charge is 2.02. The highest BCUT2D eigenvalue weighted by molar-refractivity contribution is 5.63. The van der Waals surface area contributed by atoms with Crippen molar-refractivity contribution in [3.63, 3.8) is 0 Å². The summed E-state index contributed by atoms with van der Waals surface area (Å²) in [6.07, 6.45) is 3.60. The van der Waals surface area contributed by atoms with Gasteiger partial charge in [0.1, 0.15) is 0 Å². The molecule has 2 aromatic carbocycles. The van der Waals surface area contributed by atoms with Crippen LogP contribution in [0.3, 0.4) is 0 Å². The van der Waals surface area contributed by atoms with E-state index < -0.39 is 0 Å². The highest BCUT2D eigenvalue weighted by atomic mass is 14.9. The molecule has 104 valence electrons. The Morgan fingerprint density at radius 1 is 0.762 bits per heavy atom. The van der Waals surface area contributed by atoms with Gasteiger partial charge < -0.3 is 10.6 Å². The average molecular weight is 275 g/mol. The zero-order valence-electron chi connectivity index (χ0n) is 11.7. The van der Waals surface area contributed by atoms with Gasteiger partial charge in [0.25, 0.3) is 0 Å².